The molecule has 0 radical (unpaired) electrons. The molecule has 3 rings (SSSR count). The lowest BCUT2D eigenvalue weighted by Crippen LogP contribution is -2.14. The molecule has 0 aliphatic rings. The number of aryl methyl sites for hydroxylation is 2. The molecule has 0 unspecified atom stereocenters. The van der Waals surface area contributed by atoms with E-state index in [1.807, 2.05) is 19.9 Å². The molecule has 1 N–H and O–H groups in total. The minimum absolute atomic E-state index is 0.209. The summed E-state index contributed by atoms with van der Waals surface area (Å²) in [5.74, 6) is 0. The van der Waals surface area contributed by atoms with E-state index in [9.17, 15) is 8.42 Å². The van der Waals surface area contributed by atoms with Gasteiger partial charge in [0.2, 0.25) is 0 Å². The van der Waals surface area contributed by atoms with E-state index in [0.29, 0.717) is 33.7 Å². The lowest BCUT2D eigenvalue weighted by molar-refractivity contribution is 0.601. The second-order valence-electron chi connectivity index (χ2n) is 6.36. The minimum atomic E-state index is -3.70. The van der Waals surface area contributed by atoms with Gasteiger partial charge in [0, 0.05) is 10.0 Å². The molecule has 0 aliphatic carbocycles. The maximum atomic E-state index is 12.7. The van der Waals surface area contributed by atoms with E-state index in [1.165, 1.54) is 0 Å². The summed E-state index contributed by atoms with van der Waals surface area (Å²) >= 11 is 12.2. The Balaban J connectivity index is 1.90. The minimum Gasteiger partial charge on any atom is -0.276 e. The molecule has 0 spiro atoms. The maximum absolute atomic E-state index is 12.7. The van der Waals surface area contributed by atoms with Crippen LogP contribution < -0.4 is 4.72 Å². The summed E-state index contributed by atoms with van der Waals surface area (Å²) in [5, 5.41) is 5.56. The summed E-state index contributed by atoms with van der Waals surface area (Å²) in [6.45, 7) is 5.90. The SMILES string of the molecule is Cc1ccc(S(=O)(=O)Nc2c(C)nn(Cc3ccc(Cl)cc3Cl)c2C)cc1. The van der Waals surface area contributed by atoms with Gasteiger partial charge in [0.1, 0.15) is 0 Å². The van der Waals surface area contributed by atoms with E-state index in [4.69, 9.17) is 23.2 Å². The van der Waals surface area contributed by atoms with Gasteiger partial charge in [-0.05, 0) is 50.6 Å². The number of anilines is 1. The van der Waals surface area contributed by atoms with Crippen molar-refractivity contribution in [2.24, 2.45) is 0 Å². The van der Waals surface area contributed by atoms with E-state index < -0.39 is 10.0 Å². The average Bonchev–Trinajstić information content (AvgIpc) is 2.85. The number of hydrogen-bond acceptors (Lipinski definition) is 3. The zero-order valence-corrected chi connectivity index (χ0v) is 17.5. The van der Waals surface area contributed by atoms with Gasteiger partial charge >= 0.3 is 0 Å². The number of nitrogens with one attached hydrogen (secondary N) is 1. The van der Waals surface area contributed by atoms with E-state index in [2.05, 4.69) is 9.82 Å². The summed E-state index contributed by atoms with van der Waals surface area (Å²) < 4.78 is 29.8. The molecule has 5 nitrogen and oxygen atoms in total. The molecule has 0 saturated carbocycles. The van der Waals surface area contributed by atoms with Crippen LogP contribution in [0.25, 0.3) is 0 Å². The molecule has 0 amide bonds. The molecule has 2 aromatic carbocycles. The molecule has 0 atom stereocenters. The molecule has 1 heterocycles. The van der Waals surface area contributed by atoms with Crippen molar-refractivity contribution < 1.29 is 8.42 Å². The third-order valence-corrected chi connectivity index (χ3v) is 6.24. The Bertz CT molecular complexity index is 1090. The quantitative estimate of drug-likeness (QED) is 0.630. The van der Waals surface area contributed by atoms with Crippen LogP contribution in [0, 0.1) is 20.8 Å². The Morgan fingerprint density at radius 1 is 1.04 bits per heavy atom. The Kier molecular flexibility index (Phi) is 5.51. The molecule has 1 aromatic heterocycles. The van der Waals surface area contributed by atoms with Gasteiger partial charge in [0.25, 0.3) is 10.0 Å². The van der Waals surface area contributed by atoms with E-state index in [1.54, 1.807) is 48.0 Å². The summed E-state index contributed by atoms with van der Waals surface area (Å²) in [5.41, 5.74) is 3.61. The summed E-state index contributed by atoms with van der Waals surface area (Å²) in [6, 6.07) is 12.0. The molecular formula is C19H19Cl2N3O2S. The number of hydrogen-bond donors (Lipinski definition) is 1. The Hall–Kier alpha value is -2.02. The van der Waals surface area contributed by atoms with Gasteiger partial charge in [-0.3, -0.25) is 9.40 Å². The van der Waals surface area contributed by atoms with E-state index >= 15 is 0 Å². The fraction of sp³-hybridized carbons (Fsp3) is 0.211. The Morgan fingerprint density at radius 2 is 1.70 bits per heavy atom. The third kappa shape index (κ3) is 4.29. The number of halogens is 2. The highest BCUT2D eigenvalue weighted by Crippen LogP contribution is 2.26. The van der Waals surface area contributed by atoms with Gasteiger partial charge in [-0.1, -0.05) is 47.0 Å². The first-order valence-electron chi connectivity index (χ1n) is 8.25. The van der Waals surface area contributed by atoms with E-state index in [-0.39, 0.29) is 4.90 Å². The summed E-state index contributed by atoms with van der Waals surface area (Å²) in [7, 11) is -3.70. The van der Waals surface area contributed by atoms with Crippen LogP contribution in [0.15, 0.2) is 47.4 Å². The first-order valence-corrected chi connectivity index (χ1v) is 10.5. The number of sulfonamides is 1. The first-order chi connectivity index (χ1) is 12.7. The van der Waals surface area contributed by atoms with Crippen LogP contribution in [0.3, 0.4) is 0 Å². The van der Waals surface area contributed by atoms with Gasteiger partial charge in [0.05, 0.1) is 28.5 Å². The topological polar surface area (TPSA) is 64.0 Å². The zero-order chi connectivity index (χ0) is 19.8. The largest absolute Gasteiger partial charge is 0.276 e. The lowest BCUT2D eigenvalue weighted by Gasteiger charge is -2.10. The number of aromatic nitrogens is 2. The highest BCUT2D eigenvalue weighted by Gasteiger charge is 2.20. The van der Waals surface area contributed by atoms with Gasteiger partial charge in [-0.2, -0.15) is 5.10 Å². The zero-order valence-electron chi connectivity index (χ0n) is 15.1. The number of benzene rings is 2. The van der Waals surface area contributed by atoms with Crippen molar-refractivity contribution in [2.45, 2.75) is 32.2 Å². The second kappa shape index (κ2) is 7.54. The van der Waals surface area contributed by atoms with Crippen LogP contribution in [0.4, 0.5) is 5.69 Å². The number of rotatable bonds is 5. The molecule has 0 saturated heterocycles. The first kappa shape index (κ1) is 19.7. The highest BCUT2D eigenvalue weighted by molar-refractivity contribution is 7.92. The normalized spacial score (nSPS) is 11.6. The fourth-order valence-electron chi connectivity index (χ4n) is 2.72. The summed E-state index contributed by atoms with van der Waals surface area (Å²) in [4.78, 5) is 0.209. The van der Waals surface area contributed by atoms with E-state index in [0.717, 1.165) is 11.1 Å². The molecule has 8 heteroatoms. The van der Waals surface area contributed by atoms with Crippen molar-refractivity contribution in [1.82, 2.24) is 9.78 Å². The van der Waals surface area contributed by atoms with Crippen LogP contribution in [-0.4, -0.2) is 18.2 Å². The average molecular weight is 424 g/mol. The van der Waals surface area contributed by atoms with Crippen LogP contribution in [-0.2, 0) is 16.6 Å². The van der Waals surface area contributed by atoms with Crippen LogP contribution in [0.1, 0.15) is 22.5 Å². The lowest BCUT2D eigenvalue weighted by atomic mass is 10.2. The Morgan fingerprint density at radius 3 is 2.33 bits per heavy atom. The predicted molar refractivity (Wildman–Crippen MR) is 109 cm³/mol. The van der Waals surface area contributed by atoms with Crippen molar-refractivity contribution in [3.63, 3.8) is 0 Å². The Labute approximate surface area is 169 Å². The van der Waals surface area contributed by atoms with Crippen molar-refractivity contribution in [1.29, 1.82) is 0 Å². The standard InChI is InChI=1S/C19H19Cl2N3O2S/c1-12-4-8-17(9-5-12)27(25,26)23-19-13(2)22-24(14(19)3)11-15-6-7-16(20)10-18(15)21/h4-10,23H,11H2,1-3H3. The smallest absolute Gasteiger partial charge is 0.262 e. The van der Waals surface area contributed by atoms with Crippen LogP contribution in [0.2, 0.25) is 10.0 Å². The molecule has 0 fully saturated rings. The van der Waals surface area contributed by atoms with Gasteiger partial charge in [0.15, 0.2) is 0 Å². The third-order valence-electron chi connectivity index (χ3n) is 4.28. The van der Waals surface area contributed by atoms with Crippen molar-refractivity contribution in [3.05, 3.63) is 75.0 Å². The molecular weight excluding hydrogens is 405 g/mol. The van der Waals surface area contributed by atoms with Crippen molar-refractivity contribution in [2.75, 3.05) is 4.72 Å². The highest BCUT2D eigenvalue weighted by atomic mass is 35.5. The van der Waals surface area contributed by atoms with Crippen molar-refractivity contribution in [3.8, 4) is 0 Å². The molecule has 3 aromatic rings. The van der Waals surface area contributed by atoms with Crippen molar-refractivity contribution >= 4 is 38.9 Å². The monoisotopic (exact) mass is 423 g/mol. The maximum Gasteiger partial charge on any atom is 0.262 e. The van der Waals surface area contributed by atoms with Crippen LogP contribution >= 0.6 is 23.2 Å². The van der Waals surface area contributed by atoms with Gasteiger partial charge < -0.3 is 0 Å². The molecule has 142 valence electrons. The number of nitrogens with zero attached hydrogens (tertiary/aromatic N) is 2. The van der Waals surface area contributed by atoms with Gasteiger partial charge in [-0.15, -0.1) is 0 Å². The fourth-order valence-corrected chi connectivity index (χ4v) is 4.37. The molecule has 0 bridgehead atoms. The van der Waals surface area contributed by atoms with Gasteiger partial charge in [-0.25, -0.2) is 8.42 Å². The predicted octanol–water partition coefficient (Wildman–Crippen LogP) is 4.96. The second-order valence-corrected chi connectivity index (χ2v) is 8.88. The van der Waals surface area contributed by atoms with Crippen LogP contribution in [0.5, 0.6) is 0 Å². The molecule has 27 heavy (non-hydrogen) atoms. The molecule has 0 aliphatic heterocycles. The summed E-state index contributed by atoms with van der Waals surface area (Å²) in [6.07, 6.45) is 0.